The van der Waals surface area contributed by atoms with Gasteiger partial charge >= 0.3 is 12.1 Å². The van der Waals surface area contributed by atoms with Crippen LogP contribution in [0.4, 0.5) is 22.0 Å². The third kappa shape index (κ3) is 4.61. The molecule has 2 bridgehead atoms. The number of hydrogen-bond donors (Lipinski definition) is 2. The second kappa shape index (κ2) is 8.90. The summed E-state index contributed by atoms with van der Waals surface area (Å²) < 4.78 is 68.8. The Bertz CT molecular complexity index is 1630. The number of alkyl halides is 3. The van der Waals surface area contributed by atoms with Gasteiger partial charge in [-0.3, -0.25) is 9.59 Å². The van der Waals surface area contributed by atoms with Crippen molar-refractivity contribution in [2.45, 2.75) is 43.9 Å². The second-order valence-corrected chi connectivity index (χ2v) is 11.1. The number of halogens is 5. The molecule has 10 heteroatoms. The molecule has 1 amide bonds. The zero-order valence-electron chi connectivity index (χ0n) is 21.0. The number of nitrogens with zero attached hydrogens (tertiary/aromatic N) is 1. The van der Waals surface area contributed by atoms with Crippen LogP contribution in [-0.2, 0) is 17.5 Å². The number of carboxylic acids is 1. The van der Waals surface area contributed by atoms with E-state index >= 15 is 0 Å². The van der Waals surface area contributed by atoms with E-state index in [1.165, 1.54) is 24.3 Å². The molecule has 3 aliphatic rings. The monoisotopic (exact) mass is 554 g/mol. The van der Waals surface area contributed by atoms with Crippen molar-refractivity contribution in [2.75, 3.05) is 0 Å². The van der Waals surface area contributed by atoms with Crippen molar-refractivity contribution in [3.05, 3.63) is 95.2 Å². The fraction of sp³-hybridized carbons (Fsp3) is 0.267. The van der Waals surface area contributed by atoms with E-state index in [9.17, 15) is 31.5 Å². The quantitative estimate of drug-likeness (QED) is 0.248. The maximum atomic E-state index is 14.0. The van der Waals surface area contributed by atoms with Gasteiger partial charge in [0.25, 0.3) is 5.91 Å². The lowest BCUT2D eigenvalue weighted by atomic mass is 9.38. The van der Waals surface area contributed by atoms with Crippen LogP contribution < -0.4 is 5.32 Å². The van der Waals surface area contributed by atoms with E-state index in [0.29, 0.717) is 41.3 Å². The van der Waals surface area contributed by atoms with Crippen molar-refractivity contribution in [1.29, 1.82) is 0 Å². The molecule has 0 aliphatic heterocycles. The minimum absolute atomic E-state index is 0.0471. The number of benzene rings is 3. The van der Waals surface area contributed by atoms with Crippen LogP contribution in [0.2, 0.25) is 0 Å². The Balaban J connectivity index is 1.37. The summed E-state index contributed by atoms with van der Waals surface area (Å²) >= 11 is 0. The Morgan fingerprint density at radius 2 is 1.52 bits per heavy atom. The maximum Gasteiger partial charge on any atom is 0.416 e. The molecule has 1 aromatic heterocycles. The van der Waals surface area contributed by atoms with Gasteiger partial charge in [-0.15, -0.1) is 0 Å². The third-order valence-corrected chi connectivity index (χ3v) is 7.98. The number of hydrogen-bond acceptors (Lipinski definition) is 2. The van der Waals surface area contributed by atoms with E-state index in [0.717, 1.165) is 18.2 Å². The first kappa shape index (κ1) is 26.0. The summed E-state index contributed by atoms with van der Waals surface area (Å²) in [7, 11) is 0. The largest absolute Gasteiger partial charge is 0.481 e. The maximum absolute atomic E-state index is 14.0. The Kier molecular flexibility index (Phi) is 5.80. The van der Waals surface area contributed by atoms with Gasteiger partial charge in [-0.2, -0.15) is 13.2 Å². The van der Waals surface area contributed by atoms with Crippen LogP contribution in [0.25, 0.3) is 22.0 Å². The van der Waals surface area contributed by atoms with Crippen LogP contribution in [-0.4, -0.2) is 27.1 Å². The zero-order valence-corrected chi connectivity index (χ0v) is 21.0. The molecule has 3 fully saturated rings. The van der Waals surface area contributed by atoms with Crippen LogP contribution in [0, 0.1) is 17.0 Å². The van der Waals surface area contributed by atoms with E-state index in [1.54, 1.807) is 29.0 Å². The fourth-order valence-corrected chi connectivity index (χ4v) is 6.48. The highest BCUT2D eigenvalue weighted by Crippen LogP contribution is 2.69. The Morgan fingerprint density at radius 1 is 0.900 bits per heavy atom. The lowest BCUT2D eigenvalue weighted by Crippen LogP contribution is -2.75. The van der Waals surface area contributed by atoms with Gasteiger partial charge in [0.1, 0.15) is 11.6 Å². The first-order valence-electron chi connectivity index (χ1n) is 12.6. The van der Waals surface area contributed by atoms with Crippen molar-refractivity contribution >= 4 is 22.8 Å². The lowest BCUT2D eigenvalue weighted by Gasteiger charge is -2.70. The van der Waals surface area contributed by atoms with Gasteiger partial charge < -0.3 is 15.0 Å². The van der Waals surface area contributed by atoms with E-state index in [4.69, 9.17) is 5.11 Å². The van der Waals surface area contributed by atoms with Gasteiger partial charge in [0.2, 0.25) is 0 Å². The average Bonchev–Trinajstić information content (AvgIpc) is 3.22. The molecular weight excluding hydrogens is 531 g/mol. The standard InChI is InChI=1S/C30H23F5N2O3/c31-22-8-20(9-23(32)11-22)19-7-18-5-6-37(13-17-1-3-21(4-2-17)30(33,34)35)26(18)24(10-19)27(40)36-29-14-28(15-29,16-29)12-25(38)39/h1-11H,12-16H2,(H,36,40)(H,38,39). The van der Waals surface area contributed by atoms with Gasteiger partial charge in [-0.25, -0.2) is 8.78 Å². The van der Waals surface area contributed by atoms with Crippen LogP contribution in [0.3, 0.4) is 0 Å². The minimum Gasteiger partial charge on any atom is -0.481 e. The molecule has 3 saturated carbocycles. The van der Waals surface area contributed by atoms with Gasteiger partial charge in [0, 0.05) is 29.7 Å². The molecule has 1 heterocycles. The summed E-state index contributed by atoms with van der Waals surface area (Å²) in [5.74, 6) is -2.82. The molecule has 0 saturated heterocycles. The van der Waals surface area contributed by atoms with Crippen LogP contribution in [0.1, 0.15) is 47.2 Å². The predicted molar refractivity (Wildman–Crippen MR) is 137 cm³/mol. The number of aromatic nitrogens is 1. The first-order chi connectivity index (χ1) is 18.8. The third-order valence-electron chi connectivity index (χ3n) is 7.98. The van der Waals surface area contributed by atoms with Crippen molar-refractivity contribution in [3.8, 4) is 11.1 Å². The smallest absolute Gasteiger partial charge is 0.416 e. The molecule has 3 aromatic carbocycles. The Labute approximate surface area is 225 Å². The van der Waals surface area contributed by atoms with Crippen molar-refractivity contribution in [2.24, 2.45) is 5.41 Å². The highest BCUT2D eigenvalue weighted by molar-refractivity contribution is 6.08. The summed E-state index contributed by atoms with van der Waals surface area (Å²) in [4.78, 5) is 24.9. The predicted octanol–water partition coefficient (Wildman–Crippen LogP) is 6.78. The summed E-state index contributed by atoms with van der Waals surface area (Å²) in [5, 5.41) is 12.8. The summed E-state index contributed by atoms with van der Waals surface area (Å²) in [5.41, 5.74) is 0.459. The number of carboxylic acid groups (broad SMARTS) is 1. The van der Waals surface area contributed by atoms with Gasteiger partial charge in [-0.1, -0.05) is 12.1 Å². The SMILES string of the molecule is O=C(O)CC12CC(NC(=O)c3cc(-c4cc(F)cc(F)c4)cc4ccn(Cc5ccc(C(F)(F)F)cc5)c34)(C1)C2. The number of rotatable bonds is 7. The normalized spacial score (nSPS) is 21.5. The van der Waals surface area contributed by atoms with Crippen molar-refractivity contribution in [1.82, 2.24) is 9.88 Å². The molecule has 206 valence electrons. The molecule has 0 radical (unpaired) electrons. The minimum atomic E-state index is -4.46. The molecular formula is C30H23F5N2O3. The first-order valence-corrected chi connectivity index (χ1v) is 12.6. The topological polar surface area (TPSA) is 71.3 Å². The highest BCUT2D eigenvalue weighted by Gasteiger charge is 2.68. The summed E-state index contributed by atoms with van der Waals surface area (Å²) in [6, 6.07) is 12.8. The van der Waals surface area contributed by atoms with Crippen LogP contribution >= 0.6 is 0 Å². The fourth-order valence-electron chi connectivity index (χ4n) is 6.48. The number of aliphatic carboxylic acids is 1. The molecule has 5 nitrogen and oxygen atoms in total. The molecule has 40 heavy (non-hydrogen) atoms. The molecule has 2 N–H and O–H groups in total. The number of carbonyl (C=O) groups is 2. The van der Waals surface area contributed by atoms with Gasteiger partial charge in [-0.05, 0) is 83.8 Å². The number of amides is 1. The summed E-state index contributed by atoms with van der Waals surface area (Å²) in [6.07, 6.45) is -1.03. The highest BCUT2D eigenvalue weighted by atomic mass is 19.4. The number of carbonyl (C=O) groups excluding carboxylic acids is 1. The molecule has 7 rings (SSSR count). The molecule has 4 aromatic rings. The van der Waals surface area contributed by atoms with E-state index in [2.05, 4.69) is 5.32 Å². The molecule has 0 spiro atoms. The Hall–Kier alpha value is -4.21. The number of nitrogens with one attached hydrogen (secondary N) is 1. The molecule has 0 atom stereocenters. The van der Waals surface area contributed by atoms with E-state index in [-0.39, 0.29) is 29.5 Å². The average molecular weight is 555 g/mol. The van der Waals surface area contributed by atoms with E-state index in [1.807, 2.05) is 0 Å². The van der Waals surface area contributed by atoms with E-state index < -0.39 is 40.8 Å². The van der Waals surface area contributed by atoms with Crippen LogP contribution in [0.15, 0.2) is 66.9 Å². The van der Waals surface area contributed by atoms with Gasteiger partial charge in [0.05, 0.1) is 23.1 Å². The number of fused-ring (bicyclic) bond motifs is 1. The Morgan fingerprint density at radius 3 is 2.12 bits per heavy atom. The summed E-state index contributed by atoms with van der Waals surface area (Å²) in [6.45, 7) is 0.183. The zero-order chi connectivity index (χ0) is 28.4. The van der Waals surface area contributed by atoms with Crippen molar-refractivity contribution in [3.63, 3.8) is 0 Å². The molecule has 0 unspecified atom stereocenters. The van der Waals surface area contributed by atoms with Crippen LogP contribution in [0.5, 0.6) is 0 Å². The lowest BCUT2D eigenvalue weighted by molar-refractivity contribution is -0.172. The second-order valence-electron chi connectivity index (χ2n) is 11.1. The van der Waals surface area contributed by atoms with Gasteiger partial charge in [0.15, 0.2) is 0 Å². The van der Waals surface area contributed by atoms with Crippen molar-refractivity contribution < 1.29 is 36.6 Å². The molecule has 3 aliphatic carbocycles.